The highest BCUT2D eigenvalue weighted by atomic mass is 16.4. The van der Waals surface area contributed by atoms with Crippen LogP contribution in [0, 0.1) is 0 Å². The molecule has 0 saturated heterocycles. The largest absolute Gasteiger partial charge is 0.475 e. The van der Waals surface area contributed by atoms with E-state index in [1.54, 1.807) is 0 Å². The van der Waals surface area contributed by atoms with Crippen molar-refractivity contribution in [2.45, 2.75) is 44.9 Å². The molecule has 0 atom stereocenters. The number of carbonyl (C=O) groups is 1. The lowest BCUT2D eigenvalue weighted by Gasteiger charge is -2.21. The highest BCUT2D eigenvalue weighted by molar-refractivity contribution is 5.85. The third-order valence-electron chi connectivity index (χ3n) is 2.85. The molecule has 4 heteroatoms. The first-order valence-electron chi connectivity index (χ1n) is 5.45. The molecule has 1 fully saturated rings. The Morgan fingerprint density at radius 3 is 2.80 bits per heavy atom. The summed E-state index contributed by atoms with van der Waals surface area (Å²) in [4.78, 5) is 15.2. The fraction of sp³-hybridized carbons (Fsp3) is 0.636. The molecule has 1 aliphatic rings. The maximum absolute atomic E-state index is 10.9. The second-order valence-corrected chi connectivity index (χ2v) is 4.01. The van der Waals surface area contributed by atoms with E-state index in [2.05, 4.69) is 4.98 Å². The average molecular weight is 209 g/mol. The third kappa shape index (κ3) is 1.89. The molecule has 1 heterocycles. The van der Waals surface area contributed by atoms with Gasteiger partial charge in [-0.15, -0.1) is 0 Å². The predicted molar refractivity (Wildman–Crippen MR) is 54.0 cm³/mol. The standard InChI is InChI=1S/C11H15NO3/c1-2-4-8-9(11(13)14)15-10(12-8)7-5-3-6-7/h7H,2-6H2,1H3,(H,13,14). The van der Waals surface area contributed by atoms with Gasteiger partial charge >= 0.3 is 5.97 Å². The van der Waals surface area contributed by atoms with E-state index in [-0.39, 0.29) is 5.76 Å². The predicted octanol–water partition coefficient (Wildman–Crippen LogP) is 2.59. The molecule has 15 heavy (non-hydrogen) atoms. The van der Waals surface area contributed by atoms with Gasteiger partial charge in [-0.05, 0) is 19.3 Å². The Bertz CT molecular complexity index is 366. The van der Waals surface area contributed by atoms with Crippen molar-refractivity contribution in [3.63, 3.8) is 0 Å². The van der Waals surface area contributed by atoms with Gasteiger partial charge in [-0.1, -0.05) is 19.8 Å². The molecule has 1 aromatic heterocycles. The normalized spacial score (nSPS) is 16.3. The van der Waals surface area contributed by atoms with Crippen LogP contribution >= 0.6 is 0 Å². The van der Waals surface area contributed by atoms with E-state index < -0.39 is 5.97 Å². The van der Waals surface area contributed by atoms with Crippen LogP contribution in [-0.4, -0.2) is 16.1 Å². The van der Waals surface area contributed by atoms with Crippen LogP contribution in [0.15, 0.2) is 4.42 Å². The Hall–Kier alpha value is -1.32. The molecule has 0 bridgehead atoms. The zero-order chi connectivity index (χ0) is 10.8. The van der Waals surface area contributed by atoms with Crippen molar-refractivity contribution in [2.24, 2.45) is 0 Å². The number of hydrogen-bond donors (Lipinski definition) is 1. The lowest BCUT2D eigenvalue weighted by molar-refractivity contribution is 0.0657. The summed E-state index contributed by atoms with van der Waals surface area (Å²) < 4.78 is 5.32. The number of oxazole rings is 1. The van der Waals surface area contributed by atoms with Crippen molar-refractivity contribution in [3.8, 4) is 0 Å². The van der Waals surface area contributed by atoms with E-state index in [1.807, 2.05) is 6.92 Å². The Kier molecular flexibility index (Phi) is 2.75. The third-order valence-corrected chi connectivity index (χ3v) is 2.85. The van der Waals surface area contributed by atoms with Gasteiger partial charge in [0.15, 0.2) is 5.89 Å². The second-order valence-electron chi connectivity index (χ2n) is 4.01. The molecule has 0 amide bonds. The molecule has 2 rings (SSSR count). The number of hydrogen-bond acceptors (Lipinski definition) is 3. The fourth-order valence-electron chi connectivity index (χ4n) is 1.77. The van der Waals surface area contributed by atoms with Crippen LogP contribution in [0.2, 0.25) is 0 Å². The number of rotatable bonds is 4. The van der Waals surface area contributed by atoms with E-state index in [0.29, 0.717) is 23.9 Å². The van der Waals surface area contributed by atoms with Crippen LogP contribution in [0.5, 0.6) is 0 Å². The Labute approximate surface area is 88.3 Å². The number of nitrogens with zero attached hydrogens (tertiary/aromatic N) is 1. The van der Waals surface area contributed by atoms with Gasteiger partial charge < -0.3 is 9.52 Å². The zero-order valence-electron chi connectivity index (χ0n) is 8.82. The monoisotopic (exact) mass is 209 g/mol. The maximum atomic E-state index is 10.9. The van der Waals surface area contributed by atoms with Crippen LogP contribution in [0.3, 0.4) is 0 Å². The molecule has 0 aliphatic heterocycles. The lowest BCUT2D eigenvalue weighted by atomic mass is 9.85. The van der Waals surface area contributed by atoms with Gasteiger partial charge in [0.1, 0.15) is 0 Å². The number of aryl methyl sites for hydroxylation is 1. The number of aromatic nitrogens is 1. The van der Waals surface area contributed by atoms with Crippen molar-refractivity contribution in [1.82, 2.24) is 4.98 Å². The first kappa shape index (κ1) is 10.2. The van der Waals surface area contributed by atoms with Crippen LogP contribution < -0.4 is 0 Å². The summed E-state index contributed by atoms with van der Waals surface area (Å²) in [6, 6.07) is 0. The maximum Gasteiger partial charge on any atom is 0.373 e. The van der Waals surface area contributed by atoms with E-state index in [9.17, 15) is 4.79 Å². The van der Waals surface area contributed by atoms with Gasteiger partial charge in [0.2, 0.25) is 5.76 Å². The van der Waals surface area contributed by atoms with Crippen molar-refractivity contribution in [3.05, 3.63) is 17.3 Å². The van der Waals surface area contributed by atoms with Gasteiger partial charge in [-0.2, -0.15) is 0 Å². The minimum atomic E-state index is -1.00. The molecule has 0 unspecified atom stereocenters. The topological polar surface area (TPSA) is 63.3 Å². The zero-order valence-corrected chi connectivity index (χ0v) is 8.82. The van der Waals surface area contributed by atoms with Crippen LogP contribution in [0.25, 0.3) is 0 Å². The number of aromatic carboxylic acids is 1. The highest BCUT2D eigenvalue weighted by Gasteiger charge is 2.27. The molecule has 1 saturated carbocycles. The molecule has 82 valence electrons. The van der Waals surface area contributed by atoms with Crippen LogP contribution in [0.1, 0.15) is 60.7 Å². The summed E-state index contributed by atoms with van der Waals surface area (Å²) in [6.07, 6.45) is 4.91. The van der Waals surface area contributed by atoms with Gasteiger partial charge in [0.05, 0.1) is 5.69 Å². The summed E-state index contributed by atoms with van der Waals surface area (Å²) in [6.45, 7) is 2.00. The first-order valence-corrected chi connectivity index (χ1v) is 5.45. The van der Waals surface area contributed by atoms with Crippen molar-refractivity contribution in [2.75, 3.05) is 0 Å². The minimum absolute atomic E-state index is 0.0405. The van der Waals surface area contributed by atoms with E-state index >= 15 is 0 Å². The summed E-state index contributed by atoms with van der Waals surface area (Å²) >= 11 is 0. The second kappa shape index (κ2) is 4.04. The van der Waals surface area contributed by atoms with Crippen molar-refractivity contribution in [1.29, 1.82) is 0 Å². The average Bonchev–Trinajstić information content (AvgIpc) is 2.46. The Morgan fingerprint density at radius 2 is 2.33 bits per heavy atom. The van der Waals surface area contributed by atoms with Gasteiger partial charge in [-0.3, -0.25) is 0 Å². The van der Waals surface area contributed by atoms with Crippen molar-refractivity contribution < 1.29 is 14.3 Å². The van der Waals surface area contributed by atoms with Gasteiger partial charge in [-0.25, -0.2) is 9.78 Å². The number of carboxylic acid groups (broad SMARTS) is 1. The Morgan fingerprint density at radius 1 is 1.60 bits per heavy atom. The SMILES string of the molecule is CCCc1nc(C2CCC2)oc1C(=O)O. The van der Waals surface area contributed by atoms with Crippen LogP contribution in [-0.2, 0) is 6.42 Å². The van der Waals surface area contributed by atoms with Gasteiger partial charge in [0.25, 0.3) is 0 Å². The Balaban J connectivity index is 2.26. The van der Waals surface area contributed by atoms with Crippen LogP contribution in [0.4, 0.5) is 0 Å². The summed E-state index contributed by atoms with van der Waals surface area (Å²) in [5.74, 6) is 0.0195. The molecule has 1 N–H and O–H groups in total. The molecule has 0 aromatic carbocycles. The van der Waals surface area contributed by atoms with Crippen molar-refractivity contribution >= 4 is 5.97 Å². The highest BCUT2D eigenvalue weighted by Crippen LogP contribution is 2.36. The molecule has 0 spiro atoms. The van der Waals surface area contributed by atoms with E-state index in [0.717, 1.165) is 19.3 Å². The molecule has 4 nitrogen and oxygen atoms in total. The quantitative estimate of drug-likeness (QED) is 0.827. The minimum Gasteiger partial charge on any atom is -0.475 e. The van der Waals surface area contributed by atoms with E-state index in [1.165, 1.54) is 6.42 Å². The molecule has 0 radical (unpaired) electrons. The summed E-state index contributed by atoms with van der Waals surface area (Å²) in [5.41, 5.74) is 0.604. The van der Waals surface area contributed by atoms with E-state index in [4.69, 9.17) is 9.52 Å². The summed E-state index contributed by atoms with van der Waals surface area (Å²) in [7, 11) is 0. The summed E-state index contributed by atoms with van der Waals surface area (Å²) in [5, 5.41) is 8.94. The smallest absolute Gasteiger partial charge is 0.373 e. The lowest BCUT2D eigenvalue weighted by Crippen LogP contribution is -2.08. The first-order chi connectivity index (χ1) is 7.22. The molecule has 1 aromatic rings. The fourth-order valence-corrected chi connectivity index (χ4v) is 1.77. The molecule has 1 aliphatic carbocycles. The van der Waals surface area contributed by atoms with Gasteiger partial charge in [0, 0.05) is 5.92 Å². The molecular weight excluding hydrogens is 194 g/mol. The number of carboxylic acids is 1. The molecular formula is C11H15NO3.